The molecule has 118 valence electrons. The van der Waals surface area contributed by atoms with Crippen molar-refractivity contribution in [3.05, 3.63) is 36.2 Å². The minimum absolute atomic E-state index is 0.317. The van der Waals surface area contributed by atoms with Gasteiger partial charge in [0.25, 0.3) is 12.3 Å². The number of nitrogens with one attached hydrogen (secondary N) is 1. The third-order valence-corrected chi connectivity index (χ3v) is 2.83. The van der Waals surface area contributed by atoms with Crippen molar-refractivity contribution in [1.82, 2.24) is 9.78 Å². The van der Waals surface area contributed by atoms with Gasteiger partial charge in [-0.1, -0.05) is 0 Å². The van der Waals surface area contributed by atoms with Crippen LogP contribution >= 0.6 is 0 Å². The Kier molecular flexibility index (Phi) is 4.92. The highest BCUT2D eigenvalue weighted by molar-refractivity contribution is 6.04. The van der Waals surface area contributed by atoms with Crippen LogP contribution in [-0.2, 0) is 6.54 Å². The maximum atomic E-state index is 12.2. The highest BCUT2D eigenvalue weighted by Crippen LogP contribution is 2.23. The SMILES string of the molecule is COc1cc(OC)cc(C(=O)Nc2cnn(CC(F)F)c2)c1. The fourth-order valence-corrected chi connectivity index (χ4v) is 1.81. The summed E-state index contributed by atoms with van der Waals surface area (Å²) in [5.74, 6) is 0.518. The highest BCUT2D eigenvalue weighted by atomic mass is 19.3. The van der Waals surface area contributed by atoms with E-state index in [1.165, 1.54) is 26.6 Å². The summed E-state index contributed by atoms with van der Waals surface area (Å²) in [6.07, 6.45) is 0.130. The maximum absolute atomic E-state index is 12.2. The van der Waals surface area contributed by atoms with Crippen LogP contribution in [0.1, 0.15) is 10.4 Å². The molecule has 0 aliphatic rings. The second kappa shape index (κ2) is 6.88. The number of nitrogens with zero attached hydrogens (tertiary/aromatic N) is 2. The summed E-state index contributed by atoms with van der Waals surface area (Å²) in [6.45, 7) is -0.525. The Morgan fingerprint density at radius 1 is 1.27 bits per heavy atom. The van der Waals surface area contributed by atoms with Crippen LogP contribution in [0.4, 0.5) is 14.5 Å². The van der Waals surface area contributed by atoms with E-state index in [1.54, 1.807) is 18.2 Å². The van der Waals surface area contributed by atoms with Crippen LogP contribution in [0, 0.1) is 0 Å². The first-order valence-electron chi connectivity index (χ1n) is 6.37. The molecule has 1 heterocycles. The Hall–Kier alpha value is -2.64. The second-order valence-electron chi connectivity index (χ2n) is 4.40. The van der Waals surface area contributed by atoms with Gasteiger partial charge >= 0.3 is 0 Å². The molecule has 0 radical (unpaired) electrons. The van der Waals surface area contributed by atoms with Crippen molar-refractivity contribution < 1.29 is 23.0 Å². The molecule has 8 heteroatoms. The van der Waals surface area contributed by atoms with Gasteiger partial charge in [-0.2, -0.15) is 5.10 Å². The minimum atomic E-state index is -2.51. The van der Waals surface area contributed by atoms with Gasteiger partial charge in [0.15, 0.2) is 0 Å². The number of carbonyl (C=O) groups excluding carboxylic acids is 1. The van der Waals surface area contributed by atoms with Crippen molar-refractivity contribution >= 4 is 11.6 Å². The molecule has 22 heavy (non-hydrogen) atoms. The Morgan fingerprint density at radius 3 is 2.45 bits per heavy atom. The van der Waals surface area contributed by atoms with Crippen LogP contribution in [0.15, 0.2) is 30.6 Å². The van der Waals surface area contributed by atoms with E-state index < -0.39 is 18.9 Å². The van der Waals surface area contributed by atoms with Gasteiger partial charge in [-0.05, 0) is 12.1 Å². The summed E-state index contributed by atoms with van der Waals surface area (Å²) in [6, 6.07) is 4.72. The van der Waals surface area contributed by atoms with Gasteiger partial charge in [0.2, 0.25) is 0 Å². The first-order chi connectivity index (χ1) is 10.5. The standard InChI is InChI=1S/C14H15F2N3O3/c1-21-11-3-9(4-12(5-11)22-2)14(20)18-10-6-17-19(7-10)8-13(15)16/h3-7,13H,8H2,1-2H3,(H,18,20). The number of ether oxygens (including phenoxy) is 2. The smallest absolute Gasteiger partial charge is 0.257 e. The zero-order valence-corrected chi connectivity index (χ0v) is 12.0. The summed E-state index contributed by atoms with van der Waals surface area (Å²) in [5, 5.41) is 6.32. The molecular weight excluding hydrogens is 296 g/mol. The van der Waals surface area contributed by atoms with Gasteiger partial charge in [0.05, 0.1) is 26.1 Å². The molecule has 6 nitrogen and oxygen atoms in total. The molecule has 0 aliphatic carbocycles. The summed E-state index contributed by atoms with van der Waals surface area (Å²) in [5.41, 5.74) is 0.644. The Bertz CT molecular complexity index is 636. The monoisotopic (exact) mass is 311 g/mol. The van der Waals surface area contributed by atoms with Crippen molar-refractivity contribution in [1.29, 1.82) is 0 Å². The van der Waals surface area contributed by atoms with Crippen LogP contribution in [0.5, 0.6) is 11.5 Å². The third kappa shape index (κ3) is 3.94. The lowest BCUT2D eigenvalue weighted by Crippen LogP contribution is -2.12. The molecule has 0 spiro atoms. The maximum Gasteiger partial charge on any atom is 0.257 e. The molecule has 1 aromatic carbocycles. The fraction of sp³-hybridized carbons (Fsp3) is 0.286. The largest absolute Gasteiger partial charge is 0.497 e. The average Bonchev–Trinajstić information content (AvgIpc) is 2.92. The summed E-state index contributed by atoms with van der Waals surface area (Å²) in [4.78, 5) is 12.2. The quantitative estimate of drug-likeness (QED) is 0.890. The van der Waals surface area contributed by atoms with Gasteiger partial charge in [-0.3, -0.25) is 9.48 Å². The summed E-state index contributed by atoms with van der Waals surface area (Å²) < 4.78 is 35.7. The number of hydrogen-bond acceptors (Lipinski definition) is 4. The van der Waals surface area contributed by atoms with Gasteiger partial charge in [-0.25, -0.2) is 8.78 Å². The Labute approximate surface area is 125 Å². The summed E-state index contributed by atoms with van der Waals surface area (Å²) >= 11 is 0. The molecule has 0 saturated carbocycles. The topological polar surface area (TPSA) is 65.4 Å². The van der Waals surface area contributed by atoms with Crippen molar-refractivity contribution in [2.75, 3.05) is 19.5 Å². The molecule has 0 aliphatic heterocycles. The van der Waals surface area contributed by atoms with Crippen molar-refractivity contribution in [3.63, 3.8) is 0 Å². The minimum Gasteiger partial charge on any atom is -0.497 e. The number of methoxy groups -OCH3 is 2. The molecule has 2 aromatic rings. The molecule has 0 saturated heterocycles. The predicted molar refractivity (Wildman–Crippen MR) is 75.7 cm³/mol. The number of alkyl halides is 2. The van der Waals surface area contributed by atoms with Crippen LogP contribution in [-0.4, -0.2) is 36.3 Å². The average molecular weight is 311 g/mol. The Morgan fingerprint density at radius 2 is 1.91 bits per heavy atom. The number of anilines is 1. The van der Waals surface area contributed by atoms with E-state index >= 15 is 0 Å². The fourth-order valence-electron chi connectivity index (χ4n) is 1.81. The number of amides is 1. The first-order valence-corrected chi connectivity index (χ1v) is 6.37. The molecule has 1 N–H and O–H groups in total. The number of aromatic nitrogens is 2. The normalized spacial score (nSPS) is 10.6. The number of benzene rings is 1. The Balaban J connectivity index is 2.13. The van der Waals surface area contributed by atoms with Crippen LogP contribution in [0.25, 0.3) is 0 Å². The van der Waals surface area contributed by atoms with Crippen molar-refractivity contribution in [2.45, 2.75) is 13.0 Å². The zero-order chi connectivity index (χ0) is 16.1. The third-order valence-electron chi connectivity index (χ3n) is 2.83. The number of carbonyl (C=O) groups is 1. The lowest BCUT2D eigenvalue weighted by Gasteiger charge is -2.08. The lowest BCUT2D eigenvalue weighted by atomic mass is 10.2. The van der Waals surface area contributed by atoms with Crippen LogP contribution in [0.2, 0.25) is 0 Å². The van der Waals surface area contributed by atoms with Gasteiger partial charge in [0.1, 0.15) is 18.0 Å². The first kappa shape index (κ1) is 15.7. The van der Waals surface area contributed by atoms with E-state index in [2.05, 4.69) is 10.4 Å². The molecule has 1 amide bonds. The zero-order valence-electron chi connectivity index (χ0n) is 12.0. The predicted octanol–water partition coefficient (Wildman–Crippen LogP) is 2.42. The lowest BCUT2D eigenvalue weighted by molar-refractivity contribution is 0.102. The molecular formula is C14H15F2N3O3. The molecule has 0 unspecified atom stereocenters. The number of hydrogen-bond donors (Lipinski definition) is 1. The second-order valence-corrected chi connectivity index (χ2v) is 4.40. The van der Waals surface area contributed by atoms with Crippen LogP contribution in [0.3, 0.4) is 0 Å². The van der Waals surface area contributed by atoms with Crippen molar-refractivity contribution in [2.24, 2.45) is 0 Å². The van der Waals surface area contributed by atoms with E-state index in [4.69, 9.17) is 9.47 Å². The molecule has 2 rings (SSSR count). The van der Waals surface area contributed by atoms with E-state index in [-0.39, 0.29) is 0 Å². The van der Waals surface area contributed by atoms with E-state index in [1.807, 2.05) is 0 Å². The van der Waals surface area contributed by atoms with Gasteiger partial charge in [-0.15, -0.1) is 0 Å². The summed E-state index contributed by atoms with van der Waals surface area (Å²) in [7, 11) is 2.95. The van der Waals surface area contributed by atoms with Crippen molar-refractivity contribution in [3.8, 4) is 11.5 Å². The van der Waals surface area contributed by atoms with E-state index in [9.17, 15) is 13.6 Å². The van der Waals surface area contributed by atoms with E-state index in [0.717, 1.165) is 4.68 Å². The highest BCUT2D eigenvalue weighted by Gasteiger charge is 2.12. The van der Waals surface area contributed by atoms with E-state index in [0.29, 0.717) is 22.7 Å². The molecule has 0 atom stereocenters. The molecule has 0 fully saturated rings. The van der Waals surface area contributed by atoms with Gasteiger partial charge < -0.3 is 14.8 Å². The molecule has 0 bridgehead atoms. The molecule has 1 aromatic heterocycles. The number of halogens is 2. The number of rotatable bonds is 6. The van der Waals surface area contributed by atoms with Crippen LogP contribution < -0.4 is 14.8 Å². The van der Waals surface area contributed by atoms with Gasteiger partial charge in [0, 0.05) is 17.8 Å².